The van der Waals surface area contributed by atoms with Crippen molar-refractivity contribution < 1.29 is 14.8 Å². The van der Waals surface area contributed by atoms with Crippen LogP contribution in [0.2, 0.25) is 0 Å². The SMILES string of the molecule is Cc1ccc(OC(C)CNc2cc(CO)ccc2[N+](=O)[O-])cc1. The summed E-state index contributed by atoms with van der Waals surface area (Å²) in [4.78, 5) is 10.6. The first-order valence-corrected chi connectivity index (χ1v) is 7.35. The molecule has 0 spiro atoms. The Morgan fingerprint density at radius 3 is 2.57 bits per heavy atom. The fraction of sp³-hybridized carbons (Fsp3) is 0.294. The Kier molecular flexibility index (Phi) is 5.54. The number of nitro benzene ring substituents is 1. The average molecular weight is 316 g/mol. The van der Waals surface area contributed by atoms with E-state index in [1.807, 2.05) is 38.1 Å². The van der Waals surface area contributed by atoms with Crippen molar-refractivity contribution >= 4 is 11.4 Å². The monoisotopic (exact) mass is 316 g/mol. The first-order valence-electron chi connectivity index (χ1n) is 7.35. The van der Waals surface area contributed by atoms with E-state index in [1.165, 1.54) is 12.1 Å². The lowest BCUT2D eigenvalue weighted by Gasteiger charge is -2.16. The Labute approximate surface area is 134 Å². The van der Waals surface area contributed by atoms with E-state index in [0.717, 1.165) is 11.3 Å². The predicted molar refractivity (Wildman–Crippen MR) is 88.8 cm³/mol. The molecule has 0 fully saturated rings. The Morgan fingerprint density at radius 1 is 1.26 bits per heavy atom. The molecule has 0 aliphatic heterocycles. The van der Waals surface area contributed by atoms with Crippen LogP contribution in [0.4, 0.5) is 11.4 Å². The van der Waals surface area contributed by atoms with E-state index in [4.69, 9.17) is 9.84 Å². The third-order valence-corrected chi connectivity index (χ3v) is 3.38. The zero-order valence-electron chi connectivity index (χ0n) is 13.2. The number of nitro groups is 1. The third-order valence-electron chi connectivity index (χ3n) is 3.38. The van der Waals surface area contributed by atoms with Crippen LogP contribution < -0.4 is 10.1 Å². The number of aryl methyl sites for hydroxylation is 1. The smallest absolute Gasteiger partial charge is 0.292 e. The predicted octanol–water partition coefficient (Wildman–Crippen LogP) is 3.27. The maximum atomic E-state index is 11.1. The average Bonchev–Trinajstić information content (AvgIpc) is 2.54. The summed E-state index contributed by atoms with van der Waals surface area (Å²) in [5.74, 6) is 0.753. The van der Waals surface area contributed by atoms with Crippen molar-refractivity contribution in [3.8, 4) is 5.75 Å². The summed E-state index contributed by atoms with van der Waals surface area (Å²) in [6.45, 7) is 4.13. The molecule has 0 aliphatic rings. The molecule has 2 N–H and O–H groups in total. The molecule has 0 radical (unpaired) electrons. The van der Waals surface area contributed by atoms with Gasteiger partial charge in [-0.25, -0.2) is 0 Å². The Morgan fingerprint density at radius 2 is 1.96 bits per heavy atom. The summed E-state index contributed by atoms with van der Waals surface area (Å²) in [6.07, 6.45) is -0.171. The van der Waals surface area contributed by atoms with Gasteiger partial charge in [-0.2, -0.15) is 0 Å². The molecule has 0 amide bonds. The first-order chi connectivity index (χ1) is 11.0. The van der Waals surface area contributed by atoms with Gasteiger partial charge in [0, 0.05) is 6.07 Å². The molecule has 2 rings (SSSR count). The van der Waals surface area contributed by atoms with Crippen LogP contribution in [-0.4, -0.2) is 22.7 Å². The fourth-order valence-corrected chi connectivity index (χ4v) is 2.13. The number of nitrogens with zero attached hydrogens (tertiary/aromatic N) is 1. The van der Waals surface area contributed by atoms with Crippen LogP contribution >= 0.6 is 0 Å². The van der Waals surface area contributed by atoms with E-state index in [2.05, 4.69) is 5.32 Å². The van der Waals surface area contributed by atoms with Crippen molar-refractivity contribution in [2.24, 2.45) is 0 Å². The van der Waals surface area contributed by atoms with E-state index in [0.29, 0.717) is 17.8 Å². The van der Waals surface area contributed by atoms with Gasteiger partial charge in [0.2, 0.25) is 0 Å². The lowest BCUT2D eigenvalue weighted by atomic mass is 10.1. The summed E-state index contributed by atoms with van der Waals surface area (Å²) in [6, 6.07) is 12.2. The van der Waals surface area contributed by atoms with Gasteiger partial charge in [0.1, 0.15) is 17.5 Å². The molecule has 0 heterocycles. The van der Waals surface area contributed by atoms with Crippen LogP contribution in [0.15, 0.2) is 42.5 Å². The molecular weight excluding hydrogens is 296 g/mol. The minimum Gasteiger partial charge on any atom is -0.489 e. The number of hydrogen-bond acceptors (Lipinski definition) is 5. The zero-order valence-corrected chi connectivity index (χ0v) is 13.2. The zero-order chi connectivity index (χ0) is 16.8. The number of nitrogens with one attached hydrogen (secondary N) is 1. The number of anilines is 1. The molecular formula is C17H20N2O4. The van der Waals surface area contributed by atoms with Gasteiger partial charge in [0.05, 0.1) is 18.1 Å². The topological polar surface area (TPSA) is 84.6 Å². The van der Waals surface area contributed by atoms with E-state index < -0.39 is 4.92 Å². The normalized spacial score (nSPS) is 11.8. The van der Waals surface area contributed by atoms with Gasteiger partial charge in [0.25, 0.3) is 5.69 Å². The van der Waals surface area contributed by atoms with Crippen molar-refractivity contribution in [2.75, 3.05) is 11.9 Å². The lowest BCUT2D eigenvalue weighted by molar-refractivity contribution is -0.384. The summed E-state index contributed by atoms with van der Waals surface area (Å²) in [5.41, 5.74) is 2.12. The molecule has 0 aliphatic carbocycles. The lowest BCUT2D eigenvalue weighted by Crippen LogP contribution is -2.23. The molecule has 0 saturated carbocycles. The van der Waals surface area contributed by atoms with E-state index >= 15 is 0 Å². The largest absolute Gasteiger partial charge is 0.489 e. The Hall–Kier alpha value is -2.60. The minimum absolute atomic E-state index is 0.0234. The second kappa shape index (κ2) is 7.60. The number of aliphatic hydroxyl groups excluding tert-OH is 1. The second-order valence-electron chi connectivity index (χ2n) is 5.39. The quantitative estimate of drug-likeness (QED) is 0.605. The molecule has 1 unspecified atom stereocenters. The van der Waals surface area contributed by atoms with E-state index in [-0.39, 0.29) is 18.4 Å². The van der Waals surface area contributed by atoms with E-state index in [1.54, 1.807) is 6.07 Å². The third kappa shape index (κ3) is 4.69. The summed E-state index contributed by atoms with van der Waals surface area (Å²) in [7, 11) is 0. The van der Waals surface area contributed by atoms with Gasteiger partial charge in [-0.15, -0.1) is 0 Å². The molecule has 0 bridgehead atoms. The molecule has 23 heavy (non-hydrogen) atoms. The highest BCUT2D eigenvalue weighted by Gasteiger charge is 2.15. The van der Waals surface area contributed by atoms with Crippen LogP contribution in [0.1, 0.15) is 18.1 Å². The van der Waals surface area contributed by atoms with Crippen LogP contribution in [0.3, 0.4) is 0 Å². The molecule has 6 heteroatoms. The van der Waals surface area contributed by atoms with Crippen LogP contribution in [-0.2, 0) is 6.61 Å². The maximum Gasteiger partial charge on any atom is 0.292 e. The summed E-state index contributed by atoms with van der Waals surface area (Å²) in [5, 5.41) is 23.2. The Bertz CT molecular complexity index is 671. The van der Waals surface area contributed by atoms with Crippen molar-refractivity contribution in [1.29, 1.82) is 0 Å². The number of benzene rings is 2. The molecule has 2 aromatic rings. The maximum absolute atomic E-state index is 11.1. The fourth-order valence-electron chi connectivity index (χ4n) is 2.13. The van der Waals surface area contributed by atoms with Gasteiger partial charge in [-0.3, -0.25) is 10.1 Å². The molecule has 0 saturated heterocycles. The van der Waals surface area contributed by atoms with Crippen LogP contribution in [0, 0.1) is 17.0 Å². The highest BCUT2D eigenvalue weighted by molar-refractivity contribution is 5.62. The van der Waals surface area contributed by atoms with Gasteiger partial charge in [0.15, 0.2) is 0 Å². The molecule has 1 atom stereocenters. The van der Waals surface area contributed by atoms with Gasteiger partial charge < -0.3 is 15.2 Å². The van der Waals surface area contributed by atoms with Crippen molar-refractivity contribution in [3.63, 3.8) is 0 Å². The van der Waals surface area contributed by atoms with Crippen molar-refractivity contribution in [2.45, 2.75) is 26.6 Å². The molecule has 122 valence electrons. The number of rotatable bonds is 7. The summed E-state index contributed by atoms with van der Waals surface area (Å²) >= 11 is 0. The second-order valence-corrected chi connectivity index (χ2v) is 5.39. The van der Waals surface area contributed by atoms with E-state index in [9.17, 15) is 10.1 Å². The van der Waals surface area contributed by atoms with Gasteiger partial charge in [-0.05, 0) is 43.7 Å². The Balaban J connectivity index is 2.01. The molecule has 6 nitrogen and oxygen atoms in total. The van der Waals surface area contributed by atoms with Gasteiger partial charge in [-0.1, -0.05) is 17.7 Å². The van der Waals surface area contributed by atoms with Gasteiger partial charge >= 0.3 is 0 Å². The van der Waals surface area contributed by atoms with Crippen LogP contribution in [0.25, 0.3) is 0 Å². The highest BCUT2D eigenvalue weighted by atomic mass is 16.6. The summed E-state index contributed by atoms with van der Waals surface area (Å²) < 4.78 is 5.77. The highest BCUT2D eigenvalue weighted by Crippen LogP contribution is 2.25. The molecule has 0 aromatic heterocycles. The standard InChI is InChI=1S/C17H20N2O4/c1-12-3-6-15(7-4-12)23-13(2)10-18-16-9-14(11-20)5-8-17(16)19(21)22/h3-9,13,18,20H,10-11H2,1-2H3. The first kappa shape index (κ1) is 16.8. The van der Waals surface area contributed by atoms with Crippen LogP contribution in [0.5, 0.6) is 5.75 Å². The van der Waals surface area contributed by atoms with Crippen molar-refractivity contribution in [1.82, 2.24) is 0 Å². The minimum atomic E-state index is -0.449. The number of hydrogen-bond donors (Lipinski definition) is 2. The molecule has 2 aromatic carbocycles. The number of aliphatic hydroxyl groups is 1. The number of ether oxygens (including phenoxy) is 1. The van der Waals surface area contributed by atoms with Crippen molar-refractivity contribution in [3.05, 3.63) is 63.7 Å².